The summed E-state index contributed by atoms with van der Waals surface area (Å²) in [5, 5.41) is 0. The van der Waals surface area contributed by atoms with Crippen molar-refractivity contribution >= 4 is 5.78 Å². The maximum Gasteiger partial charge on any atom is 0.402 e. The van der Waals surface area contributed by atoms with Crippen LogP contribution in [0.25, 0.3) is 0 Å². The fraction of sp³-hybridized carbons (Fsp3) is 0.300. The third-order valence-corrected chi connectivity index (χ3v) is 2.27. The second kappa shape index (κ2) is 3.25. The number of carbonyl (C=O) groups is 1. The molecule has 0 fully saturated rings. The monoisotopic (exact) mass is 216 g/mol. The van der Waals surface area contributed by atoms with E-state index in [1.165, 1.54) is 18.2 Å². The molecule has 1 heterocycles. The van der Waals surface area contributed by atoms with E-state index in [1.54, 1.807) is 6.07 Å². The molecule has 80 valence electrons. The van der Waals surface area contributed by atoms with Crippen LogP contribution in [0, 0.1) is 5.92 Å². The van der Waals surface area contributed by atoms with Gasteiger partial charge >= 0.3 is 6.18 Å². The van der Waals surface area contributed by atoms with Crippen LogP contribution >= 0.6 is 0 Å². The van der Waals surface area contributed by atoms with Gasteiger partial charge in [-0.15, -0.1) is 0 Å². The molecule has 0 spiro atoms. The van der Waals surface area contributed by atoms with Crippen LogP contribution in [0.1, 0.15) is 10.4 Å². The highest BCUT2D eigenvalue weighted by molar-refractivity contribution is 6.01. The average Bonchev–Trinajstić information content (AvgIpc) is 2.16. The van der Waals surface area contributed by atoms with Crippen molar-refractivity contribution in [2.45, 2.75) is 6.18 Å². The number of alkyl halides is 3. The second-order valence-corrected chi connectivity index (χ2v) is 3.27. The van der Waals surface area contributed by atoms with Crippen LogP contribution in [0.15, 0.2) is 24.3 Å². The number of halogens is 3. The zero-order valence-corrected chi connectivity index (χ0v) is 7.54. The molecule has 1 aromatic rings. The number of ether oxygens (including phenoxy) is 1. The van der Waals surface area contributed by atoms with Crippen molar-refractivity contribution in [1.29, 1.82) is 0 Å². The van der Waals surface area contributed by atoms with Gasteiger partial charge in [-0.05, 0) is 12.1 Å². The van der Waals surface area contributed by atoms with Gasteiger partial charge in [0.15, 0.2) is 11.7 Å². The first kappa shape index (κ1) is 10.0. The Morgan fingerprint density at radius 3 is 2.60 bits per heavy atom. The summed E-state index contributed by atoms with van der Waals surface area (Å²) < 4.78 is 42.0. The fourth-order valence-electron chi connectivity index (χ4n) is 1.48. The maximum atomic E-state index is 12.4. The highest BCUT2D eigenvalue weighted by Crippen LogP contribution is 2.35. The zero-order chi connectivity index (χ0) is 11.1. The molecule has 1 unspecified atom stereocenters. The average molecular weight is 216 g/mol. The quantitative estimate of drug-likeness (QED) is 0.665. The van der Waals surface area contributed by atoms with Crippen LogP contribution in [-0.4, -0.2) is 18.6 Å². The van der Waals surface area contributed by atoms with Crippen LogP contribution in [0.4, 0.5) is 13.2 Å². The predicted octanol–water partition coefficient (Wildman–Crippen LogP) is 2.44. The third-order valence-electron chi connectivity index (χ3n) is 2.27. The van der Waals surface area contributed by atoms with Crippen molar-refractivity contribution in [2.75, 3.05) is 6.61 Å². The smallest absolute Gasteiger partial charge is 0.402 e. The number of para-hydroxylation sites is 1. The van der Waals surface area contributed by atoms with Gasteiger partial charge in [-0.25, -0.2) is 0 Å². The summed E-state index contributed by atoms with van der Waals surface area (Å²) in [6, 6.07) is 5.95. The van der Waals surface area contributed by atoms with Gasteiger partial charge in [-0.2, -0.15) is 13.2 Å². The normalized spacial score (nSPS) is 20.7. The molecule has 0 aromatic heterocycles. The molecule has 1 atom stereocenters. The second-order valence-electron chi connectivity index (χ2n) is 3.27. The molecule has 0 saturated carbocycles. The Balaban J connectivity index is 2.38. The number of hydrogen-bond acceptors (Lipinski definition) is 2. The SMILES string of the molecule is O=C1c2ccccc2OCC1C(F)(F)F. The molecule has 0 bridgehead atoms. The minimum Gasteiger partial charge on any atom is -0.492 e. The van der Waals surface area contributed by atoms with Crippen molar-refractivity contribution < 1.29 is 22.7 Å². The molecular formula is C10H7F3O2. The van der Waals surface area contributed by atoms with Crippen LogP contribution in [0.5, 0.6) is 5.75 Å². The molecule has 1 aromatic carbocycles. The Morgan fingerprint density at radius 2 is 1.93 bits per heavy atom. The van der Waals surface area contributed by atoms with Crippen molar-refractivity contribution in [2.24, 2.45) is 5.92 Å². The molecule has 5 heteroatoms. The van der Waals surface area contributed by atoms with Crippen molar-refractivity contribution in [3.05, 3.63) is 29.8 Å². The lowest BCUT2D eigenvalue weighted by atomic mass is 9.95. The number of fused-ring (bicyclic) bond motifs is 1. The molecule has 1 aliphatic heterocycles. The summed E-state index contributed by atoms with van der Waals surface area (Å²) >= 11 is 0. The van der Waals surface area contributed by atoms with E-state index in [2.05, 4.69) is 0 Å². The van der Waals surface area contributed by atoms with Gasteiger partial charge in [0, 0.05) is 0 Å². The number of rotatable bonds is 0. The first-order valence-corrected chi connectivity index (χ1v) is 4.33. The minimum atomic E-state index is -4.54. The lowest BCUT2D eigenvalue weighted by Gasteiger charge is -2.25. The Bertz CT molecular complexity index is 398. The molecule has 2 nitrogen and oxygen atoms in total. The summed E-state index contributed by atoms with van der Waals surface area (Å²) in [6.07, 6.45) is -4.54. The molecule has 0 saturated heterocycles. The van der Waals surface area contributed by atoms with E-state index in [0.29, 0.717) is 0 Å². The molecule has 1 aliphatic rings. The van der Waals surface area contributed by atoms with Gasteiger partial charge in [0.1, 0.15) is 12.4 Å². The summed E-state index contributed by atoms with van der Waals surface area (Å²) in [6.45, 7) is -0.626. The number of Topliss-reactive ketones (excluding diaryl/α,β-unsaturated/α-hetero) is 1. The molecule has 0 radical (unpaired) electrons. The molecular weight excluding hydrogens is 209 g/mol. The lowest BCUT2D eigenvalue weighted by molar-refractivity contribution is -0.168. The number of carbonyl (C=O) groups excluding carboxylic acids is 1. The number of ketones is 1. The highest BCUT2D eigenvalue weighted by Gasteiger charge is 2.48. The Labute approximate surface area is 83.7 Å². The van der Waals surface area contributed by atoms with Gasteiger partial charge in [0.2, 0.25) is 0 Å². The Hall–Kier alpha value is -1.52. The van der Waals surface area contributed by atoms with Crippen molar-refractivity contribution in [3.63, 3.8) is 0 Å². The van der Waals surface area contributed by atoms with Gasteiger partial charge in [-0.1, -0.05) is 12.1 Å². The van der Waals surface area contributed by atoms with Gasteiger partial charge < -0.3 is 4.74 Å². The summed E-state index contributed by atoms with van der Waals surface area (Å²) in [5.74, 6) is -2.72. The first-order chi connectivity index (χ1) is 7.00. The van der Waals surface area contributed by atoms with Crippen molar-refractivity contribution in [3.8, 4) is 5.75 Å². The Morgan fingerprint density at radius 1 is 1.27 bits per heavy atom. The fourth-order valence-corrected chi connectivity index (χ4v) is 1.48. The standard InChI is InChI=1S/C10H7F3O2/c11-10(12,13)7-5-15-8-4-2-1-3-6(8)9(7)14/h1-4,7H,5H2. The largest absolute Gasteiger partial charge is 0.492 e. The van der Waals surface area contributed by atoms with E-state index < -0.39 is 24.5 Å². The van der Waals surface area contributed by atoms with Gasteiger partial charge in [-0.3, -0.25) is 4.79 Å². The maximum absolute atomic E-state index is 12.4. The molecule has 0 aliphatic carbocycles. The summed E-state index contributed by atoms with van der Waals surface area (Å²) in [7, 11) is 0. The van der Waals surface area contributed by atoms with Crippen LogP contribution in [0.3, 0.4) is 0 Å². The topological polar surface area (TPSA) is 26.3 Å². The van der Waals surface area contributed by atoms with Crippen molar-refractivity contribution in [1.82, 2.24) is 0 Å². The molecule has 15 heavy (non-hydrogen) atoms. The van der Waals surface area contributed by atoms with Gasteiger partial charge in [0.25, 0.3) is 0 Å². The summed E-state index contributed by atoms with van der Waals surface area (Å²) in [5.41, 5.74) is 0.00562. The van der Waals surface area contributed by atoms with Gasteiger partial charge in [0.05, 0.1) is 5.56 Å². The van der Waals surface area contributed by atoms with E-state index in [-0.39, 0.29) is 11.3 Å². The molecule has 0 N–H and O–H groups in total. The number of benzene rings is 1. The van der Waals surface area contributed by atoms with E-state index in [0.717, 1.165) is 0 Å². The van der Waals surface area contributed by atoms with E-state index >= 15 is 0 Å². The molecule has 0 amide bonds. The number of hydrogen-bond donors (Lipinski definition) is 0. The minimum absolute atomic E-state index is 0.00562. The van der Waals surface area contributed by atoms with Crippen LogP contribution in [0.2, 0.25) is 0 Å². The van der Waals surface area contributed by atoms with E-state index in [9.17, 15) is 18.0 Å². The summed E-state index contributed by atoms with van der Waals surface area (Å²) in [4.78, 5) is 11.5. The lowest BCUT2D eigenvalue weighted by Crippen LogP contribution is -2.38. The van der Waals surface area contributed by atoms with E-state index in [4.69, 9.17) is 4.74 Å². The zero-order valence-electron chi connectivity index (χ0n) is 7.54. The first-order valence-electron chi connectivity index (χ1n) is 4.33. The molecule has 2 rings (SSSR count). The predicted molar refractivity (Wildman–Crippen MR) is 45.8 cm³/mol. The highest BCUT2D eigenvalue weighted by atomic mass is 19.4. The van der Waals surface area contributed by atoms with Crippen LogP contribution < -0.4 is 4.74 Å². The van der Waals surface area contributed by atoms with Crippen LogP contribution in [-0.2, 0) is 0 Å². The van der Waals surface area contributed by atoms with E-state index in [1.807, 2.05) is 0 Å². The third kappa shape index (κ3) is 1.69. The Kier molecular flexibility index (Phi) is 2.17.